The van der Waals surface area contributed by atoms with Gasteiger partial charge in [0.25, 0.3) is 0 Å². The third kappa shape index (κ3) is 3.53. The van der Waals surface area contributed by atoms with Crippen molar-refractivity contribution in [3.05, 3.63) is 35.6 Å². The number of esters is 1. The molecule has 2 atom stereocenters. The second-order valence-electron chi connectivity index (χ2n) is 4.65. The molecule has 3 nitrogen and oxygen atoms in total. The first-order valence-electron chi connectivity index (χ1n) is 5.95. The fourth-order valence-electron chi connectivity index (χ4n) is 2.19. The Morgan fingerprint density at radius 3 is 2.72 bits per heavy atom. The summed E-state index contributed by atoms with van der Waals surface area (Å²) in [6.45, 7) is 3.38. The van der Waals surface area contributed by atoms with Crippen LogP contribution in [-0.4, -0.2) is 23.8 Å². The molecule has 1 rings (SSSR count). The normalized spacial score (nSPS) is 15.8. The average molecular weight is 254 g/mol. The maximum absolute atomic E-state index is 13.1. The molecule has 1 aromatic rings. The Hall–Kier alpha value is -1.42. The molecule has 0 spiro atoms. The third-order valence-electron chi connectivity index (χ3n) is 3.10. The van der Waals surface area contributed by atoms with E-state index < -0.39 is 17.5 Å². The fraction of sp³-hybridized carbons (Fsp3) is 0.500. The predicted molar refractivity (Wildman–Crippen MR) is 66.5 cm³/mol. The van der Waals surface area contributed by atoms with Gasteiger partial charge in [0.15, 0.2) is 0 Å². The van der Waals surface area contributed by atoms with E-state index in [-0.39, 0.29) is 12.2 Å². The molecule has 0 aliphatic carbocycles. The molecular weight excluding hydrogens is 235 g/mol. The number of rotatable bonds is 5. The van der Waals surface area contributed by atoms with Crippen LogP contribution in [0.3, 0.4) is 0 Å². The molecule has 0 aromatic heterocycles. The monoisotopic (exact) mass is 254 g/mol. The van der Waals surface area contributed by atoms with Gasteiger partial charge in [0, 0.05) is 6.42 Å². The first kappa shape index (κ1) is 14.6. The van der Waals surface area contributed by atoms with Crippen LogP contribution in [0.15, 0.2) is 24.3 Å². The number of carbonyl (C=O) groups excluding carboxylic acids is 1. The molecule has 0 radical (unpaired) electrons. The second kappa shape index (κ2) is 5.96. The van der Waals surface area contributed by atoms with Crippen LogP contribution >= 0.6 is 0 Å². The van der Waals surface area contributed by atoms with E-state index in [1.54, 1.807) is 19.1 Å². The highest BCUT2D eigenvalue weighted by atomic mass is 19.1. The summed E-state index contributed by atoms with van der Waals surface area (Å²) >= 11 is 0. The van der Waals surface area contributed by atoms with Crippen LogP contribution in [0.1, 0.15) is 25.8 Å². The smallest absolute Gasteiger partial charge is 0.311 e. The molecule has 0 aliphatic heterocycles. The number of benzene rings is 1. The van der Waals surface area contributed by atoms with Gasteiger partial charge in [-0.2, -0.15) is 0 Å². The highest BCUT2D eigenvalue weighted by molar-refractivity contribution is 5.73. The van der Waals surface area contributed by atoms with Crippen molar-refractivity contribution in [3.8, 4) is 0 Å². The Morgan fingerprint density at radius 1 is 1.56 bits per heavy atom. The number of hydrogen-bond acceptors (Lipinski definition) is 3. The molecule has 2 unspecified atom stereocenters. The topological polar surface area (TPSA) is 46.5 Å². The van der Waals surface area contributed by atoms with Crippen LogP contribution in [0.2, 0.25) is 0 Å². The largest absolute Gasteiger partial charge is 0.469 e. The lowest BCUT2D eigenvalue weighted by atomic mass is 9.82. The predicted octanol–water partition coefficient (Wildman–Crippen LogP) is 2.32. The molecule has 0 aliphatic rings. The van der Waals surface area contributed by atoms with Crippen molar-refractivity contribution in [2.24, 2.45) is 5.92 Å². The zero-order chi connectivity index (χ0) is 13.8. The van der Waals surface area contributed by atoms with E-state index in [4.69, 9.17) is 0 Å². The molecule has 18 heavy (non-hydrogen) atoms. The van der Waals surface area contributed by atoms with Gasteiger partial charge in [0.2, 0.25) is 0 Å². The lowest BCUT2D eigenvalue weighted by Gasteiger charge is -2.30. The minimum atomic E-state index is -1.25. The van der Waals surface area contributed by atoms with Crippen LogP contribution in [-0.2, 0) is 16.0 Å². The summed E-state index contributed by atoms with van der Waals surface area (Å²) in [6, 6.07) is 6.01. The van der Waals surface area contributed by atoms with E-state index in [0.29, 0.717) is 12.0 Å². The molecule has 0 saturated carbocycles. The number of ether oxygens (including phenoxy) is 1. The molecular formula is C14H19FO3. The number of aliphatic hydroxyl groups is 1. The maximum atomic E-state index is 13.1. The van der Waals surface area contributed by atoms with Crippen LogP contribution in [0.25, 0.3) is 0 Å². The Bertz CT molecular complexity index is 415. The maximum Gasteiger partial charge on any atom is 0.311 e. The average Bonchev–Trinajstić information content (AvgIpc) is 2.28. The Balaban J connectivity index is 2.88. The first-order chi connectivity index (χ1) is 8.40. The van der Waals surface area contributed by atoms with Gasteiger partial charge in [-0.25, -0.2) is 4.39 Å². The second-order valence-corrected chi connectivity index (χ2v) is 4.65. The van der Waals surface area contributed by atoms with Crippen molar-refractivity contribution in [1.29, 1.82) is 0 Å². The highest BCUT2D eigenvalue weighted by Gasteiger charge is 2.36. The van der Waals surface area contributed by atoms with E-state index in [0.717, 1.165) is 0 Å². The van der Waals surface area contributed by atoms with Crippen LogP contribution < -0.4 is 0 Å². The number of hydrogen-bond donors (Lipinski definition) is 1. The van der Waals surface area contributed by atoms with Crippen molar-refractivity contribution in [3.63, 3.8) is 0 Å². The minimum absolute atomic E-state index is 0.207. The van der Waals surface area contributed by atoms with Gasteiger partial charge < -0.3 is 9.84 Å². The molecule has 1 N–H and O–H groups in total. The lowest BCUT2D eigenvalue weighted by Crippen LogP contribution is -2.41. The quantitative estimate of drug-likeness (QED) is 0.820. The van der Waals surface area contributed by atoms with Crippen molar-refractivity contribution in [1.82, 2.24) is 0 Å². The van der Waals surface area contributed by atoms with Crippen molar-refractivity contribution in [2.75, 3.05) is 7.11 Å². The van der Waals surface area contributed by atoms with Gasteiger partial charge in [0.1, 0.15) is 5.82 Å². The fourth-order valence-corrected chi connectivity index (χ4v) is 2.19. The van der Waals surface area contributed by atoms with Gasteiger partial charge in [-0.05, 0) is 31.0 Å². The van der Waals surface area contributed by atoms with Gasteiger partial charge >= 0.3 is 5.97 Å². The summed E-state index contributed by atoms with van der Waals surface area (Å²) in [4.78, 5) is 11.6. The minimum Gasteiger partial charge on any atom is -0.469 e. The van der Waals surface area contributed by atoms with E-state index in [1.807, 2.05) is 6.92 Å². The SMILES string of the molecule is CCC(C(=O)OC)C(C)(O)Cc1cccc(F)c1. The molecule has 0 fully saturated rings. The molecule has 0 bridgehead atoms. The number of methoxy groups -OCH3 is 1. The summed E-state index contributed by atoms with van der Waals surface area (Å²) in [7, 11) is 1.29. The standard InChI is InChI=1S/C14H19FO3/c1-4-12(13(16)18-3)14(2,17)9-10-6-5-7-11(15)8-10/h5-8,12,17H,4,9H2,1-3H3. The Labute approximate surface area is 107 Å². The van der Waals surface area contributed by atoms with Crippen molar-refractivity contribution < 1.29 is 19.0 Å². The van der Waals surface area contributed by atoms with E-state index in [1.165, 1.54) is 19.2 Å². The molecule has 0 amide bonds. The van der Waals surface area contributed by atoms with Crippen molar-refractivity contribution in [2.45, 2.75) is 32.3 Å². The summed E-state index contributed by atoms with van der Waals surface area (Å²) in [5, 5.41) is 10.4. The van der Waals surface area contributed by atoms with E-state index in [9.17, 15) is 14.3 Å². The molecule has 0 heterocycles. The molecule has 1 aromatic carbocycles. The van der Waals surface area contributed by atoms with Gasteiger partial charge in [-0.1, -0.05) is 19.1 Å². The van der Waals surface area contributed by atoms with Gasteiger partial charge in [0.05, 0.1) is 18.6 Å². The van der Waals surface area contributed by atoms with Crippen LogP contribution in [0.5, 0.6) is 0 Å². The summed E-state index contributed by atoms with van der Waals surface area (Å²) in [5.41, 5.74) is -0.599. The Morgan fingerprint density at radius 2 is 2.22 bits per heavy atom. The van der Waals surface area contributed by atoms with E-state index in [2.05, 4.69) is 4.74 Å². The van der Waals surface area contributed by atoms with E-state index >= 15 is 0 Å². The van der Waals surface area contributed by atoms with Gasteiger partial charge in [-0.3, -0.25) is 4.79 Å². The number of halogens is 1. The first-order valence-corrected chi connectivity index (χ1v) is 5.95. The van der Waals surface area contributed by atoms with Crippen molar-refractivity contribution >= 4 is 5.97 Å². The Kier molecular flexibility index (Phi) is 4.84. The molecule has 0 saturated heterocycles. The summed E-state index contributed by atoms with van der Waals surface area (Å²) in [5.74, 6) is -1.42. The highest BCUT2D eigenvalue weighted by Crippen LogP contribution is 2.26. The zero-order valence-corrected chi connectivity index (χ0v) is 10.9. The summed E-state index contributed by atoms with van der Waals surface area (Å²) < 4.78 is 17.8. The van der Waals surface area contributed by atoms with Crippen LogP contribution in [0.4, 0.5) is 4.39 Å². The zero-order valence-electron chi connectivity index (χ0n) is 10.9. The third-order valence-corrected chi connectivity index (χ3v) is 3.10. The van der Waals surface area contributed by atoms with Crippen LogP contribution in [0, 0.1) is 11.7 Å². The lowest BCUT2D eigenvalue weighted by molar-refractivity contribution is -0.154. The summed E-state index contributed by atoms with van der Waals surface area (Å²) in [6.07, 6.45) is 0.674. The molecule has 100 valence electrons. The number of carbonyl (C=O) groups is 1. The van der Waals surface area contributed by atoms with Gasteiger partial charge in [-0.15, -0.1) is 0 Å². The molecule has 4 heteroatoms.